The molecule has 72 valence electrons. The van der Waals surface area contributed by atoms with Gasteiger partial charge in [-0.25, -0.2) is 0 Å². The van der Waals surface area contributed by atoms with Crippen molar-refractivity contribution in [3.05, 3.63) is 30.3 Å². The van der Waals surface area contributed by atoms with Gasteiger partial charge >= 0.3 is 0 Å². The van der Waals surface area contributed by atoms with E-state index in [2.05, 4.69) is 18.4 Å². The highest BCUT2D eigenvalue weighted by Crippen LogP contribution is 2.07. The molecule has 2 N–H and O–H groups in total. The van der Waals surface area contributed by atoms with E-state index in [9.17, 15) is 0 Å². The van der Waals surface area contributed by atoms with Crippen LogP contribution in [-0.4, -0.2) is 25.6 Å². The molecule has 0 atom stereocenters. The first-order valence-electron chi connectivity index (χ1n) is 4.54. The minimum absolute atomic E-state index is 0.340. The van der Waals surface area contributed by atoms with E-state index in [-0.39, 0.29) is 0 Å². The maximum atomic E-state index is 9.09. The Morgan fingerprint density at radius 1 is 1.23 bits per heavy atom. The third-order valence-corrected chi connectivity index (χ3v) is 3.96. The fraction of sp³-hybridized carbons (Fsp3) is 0.400. The van der Waals surface area contributed by atoms with E-state index in [1.54, 1.807) is 0 Å². The number of benzene rings is 1. The number of hydrogen-bond donors (Lipinski definition) is 2. The molecule has 3 heteroatoms. The Morgan fingerprint density at radius 2 is 1.85 bits per heavy atom. The van der Waals surface area contributed by atoms with Gasteiger partial charge in [-0.1, -0.05) is 31.3 Å². The molecular formula is C10H17NOSi. The van der Waals surface area contributed by atoms with Crippen LogP contribution >= 0.6 is 0 Å². The van der Waals surface area contributed by atoms with Crippen LogP contribution in [0, 0.1) is 0 Å². The normalized spacial score (nSPS) is 11.3. The second-order valence-electron chi connectivity index (χ2n) is 4.04. The molecule has 0 spiro atoms. The fourth-order valence-electron chi connectivity index (χ4n) is 0.953. The Bertz CT molecular complexity index is 248. The first-order valence-corrected chi connectivity index (χ1v) is 7.95. The molecule has 0 aliphatic rings. The van der Waals surface area contributed by atoms with Gasteiger partial charge < -0.3 is 10.4 Å². The average Bonchev–Trinajstić information content (AvgIpc) is 2.17. The largest absolute Gasteiger partial charge is 0.400 e. The predicted octanol–water partition coefficient (Wildman–Crippen LogP) is 1.88. The molecule has 1 rings (SSSR count). The second-order valence-corrected chi connectivity index (χ2v) is 9.04. The van der Waals surface area contributed by atoms with Crippen molar-refractivity contribution in [3.8, 4) is 0 Å². The van der Waals surface area contributed by atoms with Crippen LogP contribution in [0.4, 0.5) is 5.69 Å². The summed E-state index contributed by atoms with van der Waals surface area (Å²) < 4.78 is 0. The highest BCUT2D eigenvalue weighted by molar-refractivity contribution is 6.77. The van der Waals surface area contributed by atoms with Crippen molar-refractivity contribution in [3.63, 3.8) is 0 Å². The zero-order valence-corrected chi connectivity index (χ0v) is 9.25. The van der Waals surface area contributed by atoms with Gasteiger partial charge in [-0.05, 0) is 12.1 Å². The smallest absolute Gasteiger partial charge is 0.0981 e. The molecule has 0 radical (unpaired) electrons. The number of anilines is 1. The molecule has 0 saturated heterocycles. The van der Waals surface area contributed by atoms with Crippen LogP contribution in [0.2, 0.25) is 13.1 Å². The van der Waals surface area contributed by atoms with Crippen LogP contribution in [0.25, 0.3) is 0 Å². The fourth-order valence-corrected chi connectivity index (χ4v) is 1.75. The zero-order valence-electron chi connectivity index (χ0n) is 8.25. The monoisotopic (exact) mass is 195 g/mol. The summed E-state index contributed by atoms with van der Waals surface area (Å²) in [5.74, 6) is 0. The molecule has 0 unspecified atom stereocenters. The third kappa shape index (κ3) is 3.61. The molecule has 2 nitrogen and oxygen atoms in total. The molecule has 1 aromatic carbocycles. The van der Waals surface area contributed by atoms with Gasteiger partial charge in [0.25, 0.3) is 0 Å². The van der Waals surface area contributed by atoms with Gasteiger partial charge in [0.15, 0.2) is 0 Å². The van der Waals surface area contributed by atoms with Crippen LogP contribution < -0.4 is 5.32 Å². The van der Waals surface area contributed by atoms with Crippen molar-refractivity contribution >= 4 is 13.8 Å². The highest BCUT2D eigenvalue weighted by Gasteiger charge is 2.18. The number of nitrogens with one attached hydrogen (secondary N) is 1. The first kappa shape index (κ1) is 10.3. The molecular weight excluding hydrogens is 178 g/mol. The standard InChI is InChI=1S/C10H17NOSi/c1-13(2,9-12)8-11-10-6-4-3-5-7-10/h3-7,11-12H,8-9H2,1-2H3. The van der Waals surface area contributed by atoms with Crippen molar-refractivity contribution in [1.29, 1.82) is 0 Å². The Morgan fingerprint density at radius 3 is 2.38 bits per heavy atom. The van der Waals surface area contributed by atoms with E-state index in [4.69, 9.17) is 5.11 Å². The van der Waals surface area contributed by atoms with Gasteiger partial charge in [-0.2, -0.15) is 0 Å². The molecule has 0 aliphatic carbocycles. The summed E-state index contributed by atoms with van der Waals surface area (Å²) in [4.78, 5) is 0. The SMILES string of the molecule is C[Si](C)(CO)CNc1ccccc1. The lowest BCUT2D eigenvalue weighted by Gasteiger charge is -2.20. The molecule has 0 saturated carbocycles. The lowest BCUT2D eigenvalue weighted by Crippen LogP contribution is -2.40. The van der Waals surface area contributed by atoms with Gasteiger partial charge in [-0.15, -0.1) is 0 Å². The van der Waals surface area contributed by atoms with E-state index in [1.807, 2.05) is 30.3 Å². The van der Waals surface area contributed by atoms with Crippen LogP contribution in [0.1, 0.15) is 0 Å². The van der Waals surface area contributed by atoms with Crippen molar-refractivity contribution in [2.24, 2.45) is 0 Å². The lowest BCUT2D eigenvalue weighted by atomic mass is 10.3. The van der Waals surface area contributed by atoms with E-state index < -0.39 is 8.07 Å². The summed E-state index contributed by atoms with van der Waals surface area (Å²) in [7, 11) is -1.42. The molecule has 0 heterocycles. The summed E-state index contributed by atoms with van der Waals surface area (Å²) in [6.07, 6.45) is 1.26. The molecule has 0 aliphatic heterocycles. The molecule has 1 aromatic rings. The molecule has 0 bridgehead atoms. The quantitative estimate of drug-likeness (QED) is 0.719. The number of hydrogen-bond acceptors (Lipinski definition) is 2. The van der Waals surface area contributed by atoms with Gasteiger partial charge in [0.05, 0.1) is 8.07 Å². The number of para-hydroxylation sites is 1. The molecule has 13 heavy (non-hydrogen) atoms. The summed E-state index contributed by atoms with van der Waals surface area (Å²) in [5.41, 5.74) is 1.14. The van der Waals surface area contributed by atoms with Crippen molar-refractivity contribution in [1.82, 2.24) is 0 Å². The van der Waals surface area contributed by atoms with E-state index in [0.717, 1.165) is 11.9 Å². The summed E-state index contributed by atoms with van der Waals surface area (Å²) in [6.45, 7) is 4.34. The predicted molar refractivity (Wildman–Crippen MR) is 59.5 cm³/mol. The van der Waals surface area contributed by atoms with Gasteiger partial charge in [0, 0.05) is 18.1 Å². The summed E-state index contributed by atoms with van der Waals surface area (Å²) >= 11 is 0. The zero-order chi connectivity index (χ0) is 9.73. The van der Waals surface area contributed by atoms with Crippen LogP contribution in [0.15, 0.2) is 30.3 Å². The number of aliphatic hydroxyl groups excluding tert-OH is 1. The van der Waals surface area contributed by atoms with E-state index in [0.29, 0.717) is 6.23 Å². The Kier molecular flexibility index (Phi) is 3.51. The number of aliphatic hydroxyl groups is 1. The van der Waals surface area contributed by atoms with Crippen molar-refractivity contribution in [2.75, 3.05) is 17.7 Å². The maximum Gasteiger partial charge on any atom is 0.0981 e. The third-order valence-electron chi connectivity index (χ3n) is 1.97. The van der Waals surface area contributed by atoms with E-state index >= 15 is 0 Å². The number of rotatable bonds is 4. The van der Waals surface area contributed by atoms with Crippen molar-refractivity contribution in [2.45, 2.75) is 13.1 Å². The molecule has 0 aromatic heterocycles. The Hall–Kier alpha value is -0.803. The lowest BCUT2D eigenvalue weighted by molar-refractivity contribution is 0.358. The van der Waals surface area contributed by atoms with E-state index in [1.165, 1.54) is 0 Å². The van der Waals surface area contributed by atoms with Crippen molar-refractivity contribution < 1.29 is 5.11 Å². The molecule has 0 fully saturated rings. The Labute approximate surface area is 80.6 Å². The Balaban J connectivity index is 2.44. The van der Waals surface area contributed by atoms with Crippen LogP contribution in [-0.2, 0) is 0 Å². The minimum Gasteiger partial charge on any atom is -0.400 e. The topological polar surface area (TPSA) is 32.3 Å². The second kappa shape index (κ2) is 4.44. The minimum atomic E-state index is -1.42. The maximum absolute atomic E-state index is 9.09. The summed E-state index contributed by atoms with van der Waals surface area (Å²) in [6, 6.07) is 10.1. The molecule has 0 amide bonds. The van der Waals surface area contributed by atoms with Crippen LogP contribution in [0.3, 0.4) is 0 Å². The first-order chi connectivity index (χ1) is 6.14. The van der Waals surface area contributed by atoms with Crippen LogP contribution in [0.5, 0.6) is 0 Å². The van der Waals surface area contributed by atoms with Gasteiger partial charge in [-0.3, -0.25) is 0 Å². The highest BCUT2D eigenvalue weighted by atomic mass is 28.3. The summed E-state index contributed by atoms with van der Waals surface area (Å²) in [5, 5.41) is 12.4. The van der Waals surface area contributed by atoms with Gasteiger partial charge in [0.1, 0.15) is 0 Å². The average molecular weight is 195 g/mol. The van der Waals surface area contributed by atoms with Gasteiger partial charge in [0.2, 0.25) is 0 Å².